The van der Waals surface area contributed by atoms with Crippen LogP contribution in [0.1, 0.15) is 18.1 Å². The molecule has 102 valence electrons. The molecule has 0 radical (unpaired) electrons. The molecule has 1 aromatic rings. The summed E-state index contributed by atoms with van der Waals surface area (Å²) in [5, 5.41) is 11.8. The second kappa shape index (κ2) is 6.38. The molecule has 19 heavy (non-hydrogen) atoms. The highest BCUT2D eigenvalue weighted by molar-refractivity contribution is 7.80. The molecule has 0 bridgehead atoms. The van der Waals surface area contributed by atoms with Crippen LogP contribution in [0.2, 0.25) is 0 Å². The first-order valence-electron chi connectivity index (χ1n) is 5.39. The second-order valence-electron chi connectivity index (χ2n) is 3.59. The summed E-state index contributed by atoms with van der Waals surface area (Å²) >= 11 is 5.05. The predicted octanol–water partition coefficient (Wildman–Crippen LogP) is 2.78. The Labute approximate surface area is 114 Å². The highest BCUT2D eigenvalue weighted by atomic mass is 32.1. The molecule has 1 rings (SSSR count). The molecule has 0 atom stereocenters. The van der Waals surface area contributed by atoms with Gasteiger partial charge in [-0.1, -0.05) is 12.2 Å². The molecule has 0 saturated heterocycles. The molecule has 0 fully saturated rings. The van der Waals surface area contributed by atoms with E-state index < -0.39 is 12.8 Å². The molecular formula is C12H11F3N2OS. The van der Waals surface area contributed by atoms with Gasteiger partial charge in [0.05, 0.1) is 5.56 Å². The number of benzene rings is 1. The van der Waals surface area contributed by atoms with E-state index in [0.29, 0.717) is 17.1 Å². The van der Waals surface area contributed by atoms with E-state index in [9.17, 15) is 13.2 Å². The summed E-state index contributed by atoms with van der Waals surface area (Å²) in [5.74, 6) is -0.108. The van der Waals surface area contributed by atoms with E-state index in [-0.39, 0.29) is 11.3 Å². The lowest BCUT2D eigenvalue weighted by atomic mass is 10.1. The van der Waals surface area contributed by atoms with Crippen LogP contribution in [-0.4, -0.2) is 24.3 Å². The number of nitrogens with one attached hydrogen (secondary N) is 1. The van der Waals surface area contributed by atoms with Crippen LogP contribution in [0.5, 0.6) is 5.75 Å². The van der Waals surface area contributed by atoms with Crippen LogP contribution in [0.15, 0.2) is 18.2 Å². The number of thiocarbonyl (C=S) groups is 1. The van der Waals surface area contributed by atoms with Crippen LogP contribution in [0.25, 0.3) is 0 Å². The maximum Gasteiger partial charge on any atom is 0.422 e. The first-order valence-corrected chi connectivity index (χ1v) is 5.80. The van der Waals surface area contributed by atoms with E-state index in [1.165, 1.54) is 18.2 Å². The van der Waals surface area contributed by atoms with Crippen LogP contribution in [-0.2, 0) is 0 Å². The fourth-order valence-electron chi connectivity index (χ4n) is 1.31. The van der Waals surface area contributed by atoms with Gasteiger partial charge in [-0.15, -0.1) is 0 Å². The topological polar surface area (TPSA) is 45.0 Å². The normalized spacial score (nSPS) is 10.7. The molecule has 1 N–H and O–H groups in total. The van der Waals surface area contributed by atoms with Crippen molar-refractivity contribution in [1.82, 2.24) is 5.32 Å². The van der Waals surface area contributed by atoms with Crippen LogP contribution >= 0.6 is 12.2 Å². The summed E-state index contributed by atoms with van der Waals surface area (Å²) in [6, 6.07) is 6.01. The monoisotopic (exact) mass is 288 g/mol. The van der Waals surface area contributed by atoms with E-state index in [1.54, 1.807) is 6.07 Å². The van der Waals surface area contributed by atoms with Crippen molar-refractivity contribution >= 4 is 17.2 Å². The Morgan fingerprint density at radius 2 is 2.16 bits per heavy atom. The second-order valence-corrected chi connectivity index (χ2v) is 3.99. The molecule has 0 aliphatic carbocycles. The first-order chi connectivity index (χ1) is 8.87. The largest absolute Gasteiger partial charge is 0.483 e. The number of rotatable bonds is 4. The zero-order chi connectivity index (χ0) is 14.5. The fourth-order valence-corrected chi connectivity index (χ4v) is 1.58. The third kappa shape index (κ3) is 4.75. The number of nitriles is 1. The summed E-state index contributed by atoms with van der Waals surface area (Å²) in [6.45, 7) is 1.05. The van der Waals surface area contributed by atoms with Crippen molar-refractivity contribution in [3.63, 3.8) is 0 Å². The van der Waals surface area contributed by atoms with Gasteiger partial charge in [-0.2, -0.15) is 18.4 Å². The summed E-state index contributed by atoms with van der Waals surface area (Å²) in [7, 11) is 0. The Hall–Kier alpha value is -1.81. The Morgan fingerprint density at radius 3 is 2.68 bits per heavy atom. The van der Waals surface area contributed by atoms with E-state index in [4.69, 9.17) is 17.5 Å². The predicted molar refractivity (Wildman–Crippen MR) is 68.1 cm³/mol. The van der Waals surface area contributed by atoms with Gasteiger partial charge in [0, 0.05) is 12.1 Å². The average Bonchev–Trinajstić information content (AvgIpc) is 2.35. The zero-order valence-corrected chi connectivity index (χ0v) is 10.9. The standard InChI is InChI=1S/C12H11F3N2OS/c1-2-17-11(19)8-3-4-10(9(5-8)6-16)18-7-12(13,14)15/h3-5H,2,7H2,1H3,(H,17,19). The number of ether oxygens (including phenoxy) is 1. The lowest BCUT2D eigenvalue weighted by Crippen LogP contribution is -2.22. The summed E-state index contributed by atoms with van der Waals surface area (Å²) in [5.41, 5.74) is 0.578. The maximum atomic E-state index is 12.0. The third-order valence-electron chi connectivity index (χ3n) is 2.09. The molecule has 0 aromatic heterocycles. The smallest absolute Gasteiger partial charge is 0.422 e. The molecule has 0 unspecified atom stereocenters. The van der Waals surface area contributed by atoms with Crippen molar-refractivity contribution in [3.8, 4) is 11.8 Å². The van der Waals surface area contributed by atoms with E-state index in [0.717, 1.165) is 0 Å². The maximum absolute atomic E-state index is 12.0. The Bertz CT molecular complexity index is 509. The minimum Gasteiger partial charge on any atom is -0.483 e. The minimum atomic E-state index is -4.44. The highest BCUT2D eigenvalue weighted by Crippen LogP contribution is 2.23. The molecule has 0 amide bonds. The summed E-state index contributed by atoms with van der Waals surface area (Å²) in [4.78, 5) is 0.432. The van der Waals surface area contributed by atoms with Crippen LogP contribution in [0.4, 0.5) is 13.2 Å². The number of hydrogen-bond donors (Lipinski definition) is 1. The average molecular weight is 288 g/mol. The molecule has 0 saturated carbocycles. The van der Waals surface area contributed by atoms with Crippen molar-refractivity contribution in [2.45, 2.75) is 13.1 Å². The quantitative estimate of drug-likeness (QED) is 0.865. The Balaban J connectivity index is 2.91. The van der Waals surface area contributed by atoms with Crippen LogP contribution in [0, 0.1) is 11.3 Å². The van der Waals surface area contributed by atoms with Gasteiger partial charge < -0.3 is 10.1 Å². The summed E-state index contributed by atoms with van der Waals surface area (Å²) in [6.07, 6.45) is -4.44. The van der Waals surface area contributed by atoms with Gasteiger partial charge in [0.15, 0.2) is 6.61 Å². The van der Waals surface area contributed by atoms with Gasteiger partial charge in [-0.25, -0.2) is 0 Å². The Morgan fingerprint density at radius 1 is 1.47 bits per heavy atom. The fraction of sp³-hybridized carbons (Fsp3) is 0.333. The molecule has 1 aromatic carbocycles. The zero-order valence-electron chi connectivity index (χ0n) is 10.0. The number of nitrogens with zero attached hydrogens (tertiary/aromatic N) is 1. The van der Waals surface area contributed by atoms with Crippen LogP contribution < -0.4 is 10.1 Å². The number of halogens is 3. The van der Waals surface area contributed by atoms with Crippen molar-refractivity contribution in [2.75, 3.05) is 13.2 Å². The highest BCUT2D eigenvalue weighted by Gasteiger charge is 2.28. The van der Waals surface area contributed by atoms with Gasteiger partial charge in [-0.3, -0.25) is 0 Å². The molecule has 7 heteroatoms. The molecule has 0 spiro atoms. The molecule has 0 heterocycles. The van der Waals surface area contributed by atoms with Gasteiger partial charge >= 0.3 is 6.18 Å². The lowest BCUT2D eigenvalue weighted by Gasteiger charge is -2.12. The molecule has 0 aliphatic heterocycles. The number of alkyl halides is 3. The SMILES string of the molecule is CCNC(=S)c1ccc(OCC(F)(F)F)c(C#N)c1. The Kier molecular flexibility index (Phi) is 5.12. The van der Waals surface area contributed by atoms with Gasteiger partial charge in [-0.05, 0) is 25.1 Å². The van der Waals surface area contributed by atoms with Gasteiger partial charge in [0.1, 0.15) is 16.8 Å². The van der Waals surface area contributed by atoms with Crippen molar-refractivity contribution in [1.29, 1.82) is 5.26 Å². The lowest BCUT2D eigenvalue weighted by molar-refractivity contribution is -0.153. The summed E-state index contributed by atoms with van der Waals surface area (Å²) < 4.78 is 40.7. The van der Waals surface area contributed by atoms with E-state index in [2.05, 4.69) is 10.1 Å². The third-order valence-corrected chi connectivity index (χ3v) is 2.47. The van der Waals surface area contributed by atoms with E-state index in [1.807, 2.05) is 6.92 Å². The van der Waals surface area contributed by atoms with Gasteiger partial charge in [0.2, 0.25) is 0 Å². The van der Waals surface area contributed by atoms with Gasteiger partial charge in [0.25, 0.3) is 0 Å². The van der Waals surface area contributed by atoms with E-state index >= 15 is 0 Å². The molecule has 0 aliphatic rings. The van der Waals surface area contributed by atoms with Crippen molar-refractivity contribution < 1.29 is 17.9 Å². The van der Waals surface area contributed by atoms with Crippen molar-refractivity contribution in [2.24, 2.45) is 0 Å². The van der Waals surface area contributed by atoms with Crippen molar-refractivity contribution in [3.05, 3.63) is 29.3 Å². The minimum absolute atomic E-state index is 0.0157. The number of hydrogen-bond acceptors (Lipinski definition) is 3. The first kappa shape index (κ1) is 15.2. The van der Waals surface area contributed by atoms with Crippen LogP contribution in [0.3, 0.4) is 0 Å². The molecule has 3 nitrogen and oxygen atoms in total. The molecular weight excluding hydrogens is 277 g/mol.